The third-order valence-electron chi connectivity index (χ3n) is 10.2. The fraction of sp³-hybridized carbons (Fsp3) is 0. The molecule has 0 spiro atoms. The first-order valence-electron chi connectivity index (χ1n) is 20.6. The lowest BCUT2D eigenvalue weighted by Crippen LogP contribution is -1.95. The zero-order valence-electron chi connectivity index (χ0n) is 37.3. The molecule has 0 bridgehead atoms. The molecule has 0 aliphatic heterocycles. The molecule has 0 amide bonds. The average Bonchev–Trinajstić information content (AvgIpc) is 3.36. The zero-order chi connectivity index (χ0) is 55.3. The van der Waals surface area contributed by atoms with Crippen molar-refractivity contribution in [2.75, 3.05) is 0 Å². The molecule has 0 fully saturated rings. The summed E-state index contributed by atoms with van der Waals surface area (Å²) in [6, 6.07) is 9.36. The van der Waals surface area contributed by atoms with E-state index in [1.807, 2.05) is 0 Å². The van der Waals surface area contributed by atoms with E-state index in [-0.39, 0.29) is 0 Å². The Labute approximate surface area is 419 Å². The van der Waals surface area contributed by atoms with Crippen molar-refractivity contribution in [3.8, 4) is 201 Å². The first-order valence-corrected chi connectivity index (χ1v) is 20.6. The van der Waals surface area contributed by atoms with E-state index in [0.717, 1.165) is 36.4 Å². The number of benzene rings is 8. The van der Waals surface area contributed by atoms with Crippen LogP contribution in [0.25, 0.3) is 0 Å². The van der Waals surface area contributed by atoms with Gasteiger partial charge in [0.1, 0.15) is 28.7 Å². The van der Waals surface area contributed by atoms with Crippen LogP contribution >= 0.6 is 0 Å². The van der Waals surface area contributed by atoms with Crippen molar-refractivity contribution in [1.29, 1.82) is 0 Å². The molecule has 0 saturated carbocycles. The summed E-state index contributed by atoms with van der Waals surface area (Å²) >= 11 is 0. The highest BCUT2D eigenvalue weighted by atomic mass is 16.6. The van der Waals surface area contributed by atoms with E-state index in [0.29, 0.717) is 42.5 Å². The summed E-state index contributed by atoms with van der Waals surface area (Å²) in [4.78, 5) is 0. The lowest BCUT2D eigenvalue weighted by Gasteiger charge is -2.19. The maximum atomic E-state index is 11.1. The van der Waals surface area contributed by atoms with Gasteiger partial charge in [-0.1, -0.05) is 0 Å². The quantitative estimate of drug-likeness (QED) is 0.0458. The molecule has 21 N–H and O–H groups in total. The van der Waals surface area contributed by atoms with E-state index >= 15 is 0 Å². The van der Waals surface area contributed by atoms with Gasteiger partial charge in [0.25, 0.3) is 0 Å². The highest BCUT2D eigenvalue weighted by molar-refractivity contribution is 5.71. The predicted molar refractivity (Wildman–Crippen MR) is 247 cm³/mol. The van der Waals surface area contributed by atoms with Gasteiger partial charge < -0.3 is 140 Å². The van der Waals surface area contributed by atoms with Gasteiger partial charge in [0.05, 0.1) is 0 Å². The second kappa shape index (κ2) is 19.1. The van der Waals surface area contributed by atoms with Gasteiger partial charge in [-0.25, -0.2) is 0 Å². The summed E-state index contributed by atoms with van der Waals surface area (Å²) in [7, 11) is 0. The molecule has 28 heteroatoms. The number of aromatic hydroxyl groups is 21. The van der Waals surface area contributed by atoms with Crippen molar-refractivity contribution in [1.82, 2.24) is 0 Å². The second-order valence-corrected chi connectivity index (χ2v) is 15.5. The summed E-state index contributed by atoms with van der Waals surface area (Å²) < 4.78 is 38.4. The normalized spacial score (nSPS) is 10.9. The summed E-state index contributed by atoms with van der Waals surface area (Å²) in [6.07, 6.45) is 0. The molecule has 0 aromatic heterocycles. The van der Waals surface area contributed by atoms with E-state index in [1.165, 1.54) is 0 Å². The van der Waals surface area contributed by atoms with Crippen LogP contribution in [0.4, 0.5) is 0 Å². The first-order chi connectivity index (χ1) is 35.8. The van der Waals surface area contributed by atoms with Crippen molar-refractivity contribution in [3.05, 3.63) is 78.9 Å². The third kappa shape index (κ3) is 9.53. The van der Waals surface area contributed by atoms with Crippen molar-refractivity contribution >= 4 is 0 Å². The molecule has 0 aliphatic rings. The van der Waals surface area contributed by atoms with Gasteiger partial charge in [-0.15, -0.1) is 0 Å². The summed E-state index contributed by atoms with van der Waals surface area (Å²) in [5.41, 5.74) is 0. The lowest BCUT2D eigenvalue weighted by molar-refractivity contribution is 0.317. The minimum absolute atomic E-state index is 0.420. The monoisotopic (exact) mass is 1060 g/mol. The number of rotatable bonds is 14. The van der Waals surface area contributed by atoms with Crippen LogP contribution in [-0.2, 0) is 0 Å². The maximum Gasteiger partial charge on any atom is 0.215 e. The second-order valence-electron chi connectivity index (χ2n) is 15.5. The van der Waals surface area contributed by atoms with Crippen molar-refractivity contribution < 1.29 is 140 Å². The van der Waals surface area contributed by atoms with Crippen LogP contribution in [0.15, 0.2) is 78.9 Å². The lowest BCUT2D eigenvalue weighted by atomic mass is 10.2. The Morgan fingerprint density at radius 2 is 0.368 bits per heavy atom. The minimum Gasteiger partial charge on any atom is -0.508 e. The Bertz CT molecular complexity index is 3550. The largest absolute Gasteiger partial charge is 0.508 e. The van der Waals surface area contributed by atoms with Crippen molar-refractivity contribution in [3.63, 3.8) is 0 Å². The summed E-state index contributed by atoms with van der Waals surface area (Å²) in [6.45, 7) is 0. The average molecular weight is 1060 g/mol. The molecule has 0 heterocycles. The number of phenols is 21. The molecule has 0 aliphatic carbocycles. The standard InChI is InChI=1S/C48H34O28/c49-14-1-24(55)42(25(56)2-14)70-16-5-26(57)43(27(58)6-16)75-33-12-22(53)37(65)40(68)47(33)72-18-9-30(61)45(31(62)10-18)76-34-13-23(54)38(66)41(69)48(34)73-17-7-28(59)44(29(60)8-17)74-32-11-21(52)36(64)39(67)46(32)71-15-3-19(50)35(63)20(51)4-15/h1-13,49-69H. The topological polar surface area (TPSA) is 489 Å². The summed E-state index contributed by atoms with van der Waals surface area (Å²) in [5.74, 6) is -31.8. The molecule has 0 saturated heterocycles. The first kappa shape index (κ1) is 50.5. The highest BCUT2D eigenvalue weighted by Crippen LogP contribution is 2.59. The van der Waals surface area contributed by atoms with E-state index in [1.54, 1.807) is 0 Å². The number of ether oxygens (including phenoxy) is 7. The van der Waals surface area contributed by atoms with E-state index in [9.17, 15) is 107 Å². The number of hydrogen-bond acceptors (Lipinski definition) is 28. The third-order valence-corrected chi connectivity index (χ3v) is 10.2. The van der Waals surface area contributed by atoms with Gasteiger partial charge in [0.15, 0.2) is 92.0 Å². The predicted octanol–water partition coefficient (Wildman–Crippen LogP) is 8.05. The molecule has 8 aromatic rings. The number of phenolic OH excluding ortho intramolecular Hbond substituents is 21. The van der Waals surface area contributed by atoms with Crippen LogP contribution < -0.4 is 33.2 Å². The summed E-state index contributed by atoms with van der Waals surface area (Å²) in [5, 5.41) is 219. The Hall–Kier alpha value is -11.8. The molecule has 8 rings (SSSR count). The van der Waals surface area contributed by atoms with Gasteiger partial charge in [0.2, 0.25) is 80.5 Å². The molecule has 0 atom stereocenters. The van der Waals surface area contributed by atoms with Crippen molar-refractivity contribution in [2.45, 2.75) is 0 Å². The van der Waals surface area contributed by atoms with E-state index in [2.05, 4.69) is 0 Å². The molecular weight excluding hydrogens is 1020 g/mol. The fourth-order valence-electron chi connectivity index (χ4n) is 6.67. The molecule has 394 valence electrons. The van der Waals surface area contributed by atoms with Gasteiger partial charge in [-0.3, -0.25) is 0 Å². The van der Waals surface area contributed by atoms with Crippen molar-refractivity contribution in [2.24, 2.45) is 0 Å². The van der Waals surface area contributed by atoms with Crippen LogP contribution in [0.5, 0.6) is 201 Å². The fourth-order valence-corrected chi connectivity index (χ4v) is 6.67. The van der Waals surface area contributed by atoms with Crippen LogP contribution in [0, 0.1) is 0 Å². The van der Waals surface area contributed by atoms with Crippen LogP contribution in [0.2, 0.25) is 0 Å². The molecular formula is C48H34O28. The van der Waals surface area contributed by atoms with Gasteiger partial charge in [0, 0.05) is 78.9 Å². The number of hydrogen-bond donors (Lipinski definition) is 21. The Balaban J connectivity index is 1.06. The minimum atomic E-state index is -1.29. The molecule has 0 radical (unpaired) electrons. The van der Waals surface area contributed by atoms with Gasteiger partial charge >= 0.3 is 0 Å². The van der Waals surface area contributed by atoms with Gasteiger partial charge in [-0.05, 0) is 0 Å². The maximum absolute atomic E-state index is 11.1. The van der Waals surface area contributed by atoms with E-state index < -0.39 is 201 Å². The molecule has 76 heavy (non-hydrogen) atoms. The Morgan fingerprint density at radius 3 is 0.632 bits per heavy atom. The molecule has 0 unspecified atom stereocenters. The molecule has 8 aromatic carbocycles. The van der Waals surface area contributed by atoms with Gasteiger partial charge in [-0.2, -0.15) is 0 Å². The zero-order valence-corrected chi connectivity index (χ0v) is 37.3. The Morgan fingerprint density at radius 1 is 0.171 bits per heavy atom. The van der Waals surface area contributed by atoms with Crippen LogP contribution in [0.3, 0.4) is 0 Å². The van der Waals surface area contributed by atoms with Crippen LogP contribution in [-0.4, -0.2) is 107 Å². The highest BCUT2D eigenvalue weighted by Gasteiger charge is 2.29. The van der Waals surface area contributed by atoms with Crippen LogP contribution in [0.1, 0.15) is 0 Å². The van der Waals surface area contributed by atoms with E-state index in [4.69, 9.17) is 33.2 Å². The Kier molecular flexibility index (Phi) is 12.7. The smallest absolute Gasteiger partial charge is 0.215 e. The SMILES string of the molecule is Oc1cc(O)c(Oc2cc(O)c(Oc3cc(O)c(O)c(O)c3Oc3cc(O)c(Oc4cc(O)c(O)c(O)c4Oc4cc(O)c(Oc5cc(O)c(O)c(O)c5Oc5cc(O)c(O)c(O)c5)c(O)c4)c(O)c3)c(O)c2)c(O)c1. The molecule has 28 nitrogen and oxygen atoms in total.